The monoisotopic (exact) mass is 279 g/mol. The molecule has 0 N–H and O–H groups in total. The van der Waals surface area contributed by atoms with Crippen molar-refractivity contribution >= 4 is 0 Å². The third kappa shape index (κ3) is 3.34. The number of hydrogen-bond donors (Lipinski definition) is 0. The molecule has 1 saturated heterocycles. The summed E-state index contributed by atoms with van der Waals surface area (Å²) in [5, 5.41) is 0. The molecule has 2 heteroatoms. The van der Waals surface area contributed by atoms with Crippen molar-refractivity contribution in [3.63, 3.8) is 0 Å². The highest BCUT2D eigenvalue weighted by atomic mass is 15.4. The van der Waals surface area contributed by atoms with Crippen LogP contribution in [0.1, 0.15) is 25.0 Å². The summed E-state index contributed by atoms with van der Waals surface area (Å²) in [6, 6.07) is 22.5. The van der Waals surface area contributed by atoms with Crippen LogP contribution in [0.15, 0.2) is 60.7 Å². The Morgan fingerprint density at radius 1 is 0.667 bits per heavy atom. The fourth-order valence-corrected chi connectivity index (χ4v) is 2.91. The third-order valence-corrected chi connectivity index (χ3v) is 4.46. The molecule has 0 aromatic heterocycles. The van der Waals surface area contributed by atoms with E-state index in [1.54, 1.807) is 0 Å². The largest absolute Gasteiger partial charge is 0.277 e. The Morgan fingerprint density at radius 3 is 1.43 bits per heavy atom. The van der Waals surface area contributed by atoms with Crippen LogP contribution < -0.4 is 0 Å². The molecule has 0 bridgehead atoms. The van der Waals surface area contributed by atoms with Crippen LogP contribution in [0.3, 0.4) is 0 Å². The van der Waals surface area contributed by atoms with Crippen LogP contribution in [-0.4, -0.2) is 21.9 Å². The van der Waals surface area contributed by atoms with E-state index < -0.39 is 0 Å². The maximum absolute atomic E-state index is 2.45. The number of benzene rings is 2. The van der Waals surface area contributed by atoms with Gasteiger partial charge in [0.25, 0.3) is 0 Å². The summed E-state index contributed by atoms with van der Waals surface area (Å²) in [6.45, 7) is 8.90. The molecule has 2 aromatic carbocycles. The van der Waals surface area contributed by atoms with Gasteiger partial charge in [-0.25, -0.2) is 0 Å². The van der Waals surface area contributed by atoms with Gasteiger partial charge in [0.1, 0.15) is 0 Å². The molecule has 2 aromatic rings. The Kier molecular flexibility index (Phi) is 4.37. The van der Waals surface area contributed by atoms with Gasteiger partial charge in [-0.1, -0.05) is 60.7 Å². The van der Waals surface area contributed by atoms with Gasteiger partial charge in [-0.3, -0.25) is 9.80 Å². The lowest BCUT2D eigenvalue weighted by atomic mass is 10.1. The quantitative estimate of drug-likeness (QED) is 0.837. The summed E-state index contributed by atoms with van der Waals surface area (Å²) in [6.07, 6.45) is 0. The summed E-state index contributed by atoms with van der Waals surface area (Å²) in [5.74, 6) is 0. The second kappa shape index (κ2) is 6.42. The third-order valence-electron chi connectivity index (χ3n) is 4.46. The highest BCUT2D eigenvalue weighted by Crippen LogP contribution is 2.27. The summed E-state index contributed by atoms with van der Waals surface area (Å²) in [5.41, 5.74) is 2.74. The van der Waals surface area contributed by atoms with Crippen molar-refractivity contribution in [3.8, 4) is 0 Å². The number of rotatable bonds is 4. The molecular weight excluding hydrogens is 256 g/mol. The lowest BCUT2D eigenvalue weighted by molar-refractivity contribution is 0.286. The SMILES string of the molecule is CC1C(C)N(Cc2ccccc2)[CH]N1Cc1ccccc1. The van der Waals surface area contributed by atoms with Crippen molar-refractivity contribution in [3.05, 3.63) is 78.5 Å². The maximum Gasteiger partial charge on any atom is 0.0933 e. The van der Waals surface area contributed by atoms with Gasteiger partial charge in [0.05, 0.1) is 6.67 Å². The van der Waals surface area contributed by atoms with Gasteiger partial charge in [0.2, 0.25) is 0 Å². The van der Waals surface area contributed by atoms with E-state index >= 15 is 0 Å². The van der Waals surface area contributed by atoms with Crippen LogP contribution in [0.2, 0.25) is 0 Å². The lowest BCUT2D eigenvalue weighted by Gasteiger charge is -2.21. The molecule has 0 amide bonds. The summed E-state index contributed by atoms with van der Waals surface area (Å²) in [4.78, 5) is 4.89. The van der Waals surface area contributed by atoms with Crippen molar-refractivity contribution < 1.29 is 0 Å². The molecule has 1 heterocycles. The Morgan fingerprint density at radius 2 is 1.05 bits per heavy atom. The molecule has 2 unspecified atom stereocenters. The molecule has 3 rings (SSSR count). The van der Waals surface area contributed by atoms with E-state index in [1.807, 2.05) is 0 Å². The van der Waals surface area contributed by atoms with E-state index in [0.717, 1.165) is 13.1 Å². The molecule has 1 aliphatic heterocycles. The summed E-state index contributed by atoms with van der Waals surface area (Å²) >= 11 is 0. The first-order chi connectivity index (χ1) is 10.2. The van der Waals surface area contributed by atoms with E-state index in [2.05, 4.69) is 91.0 Å². The average molecular weight is 279 g/mol. The first-order valence-corrected chi connectivity index (χ1v) is 7.68. The number of hydrogen-bond acceptors (Lipinski definition) is 2. The van der Waals surface area contributed by atoms with E-state index in [9.17, 15) is 0 Å². The van der Waals surface area contributed by atoms with Crippen LogP contribution in [-0.2, 0) is 13.1 Å². The average Bonchev–Trinajstić information content (AvgIpc) is 2.78. The van der Waals surface area contributed by atoms with E-state index in [4.69, 9.17) is 0 Å². The summed E-state index contributed by atoms with van der Waals surface area (Å²) in [7, 11) is 0. The van der Waals surface area contributed by atoms with Crippen molar-refractivity contribution in [2.24, 2.45) is 0 Å². The van der Waals surface area contributed by atoms with Crippen molar-refractivity contribution in [1.29, 1.82) is 0 Å². The highest BCUT2D eigenvalue weighted by molar-refractivity contribution is 5.17. The second-order valence-electron chi connectivity index (χ2n) is 5.91. The molecule has 1 fully saturated rings. The molecule has 0 aliphatic carbocycles. The van der Waals surface area contributed by atoms with Gasteiger partial charge >= 0.3 is 0 Å². The Hall–Kier alpha value is -1.64. The molecule has 0 spiro atoms. The lowest BCUT2D eigenvalue weighted by Crippen LogP contribution is -2.32. The molecule has 21 heavy (non-hydrogen) atoms. The number of nitrogens with zero attached hydrogens (tertiary/aromatic N) is 2. The van der Waals surface area contributed by atoms with Gasteiger partial charge in [0, 0.05) is 25.2 Å². The fraction of sp³-hybridized carbons (Fsp3) is 0.316. The van der Waals surface area contributed by atoms with Crippen LogP contribution in [0.4, 0.5) is 0 Å². The van der Waals surface area contributed by atoms with Gasteiger partial charge < -0.3 is 0 Å². The van der Waals surface area contributed by atoms with Crippen molar-refractivity contribution in [2.45, 2.75) is 39.0 Å². The minimum Gasteiger partial charge on any atom is -0.277 e. The Balaban J connectivity index is 1.66. The topological polar surface area (TPSA) is 6.48 Å². The van der Waals surface area contributed by atoms with Crippen molar-refractivity contribution in [1.82, 2.24) is 9.80 Å². The Labute approximate surface area is 128 Å². The summed E-state index contributed by atoms with van der Waals surface area (Å²) < 4.78 is 0. The first-order valence-electron chi connectivity index (χ1n) is 7.68. The van der Waals surface area contributed by atoms with E-state index in [1.165, 1.54) is 11.1 Å². The van der Waals surface area contributed by atoms with Crippen LogP contribution in [0.5, 0.6) is 0 Å². The molecule has 2 atom stereocenters. The normalized spacial score (nSPS) is 23.5. The fourth-order valence-electron chi connectivity index (χ4n) is 2.91. The predicted octanol–water partition coefficient (Wildman–Crippen LogP) is 3.90. The minimum absolute atomic E-state index is 0.536. The van der Waals surface area contributed by atoms with Crippen molar-refractivity contribution in [2.75, 3.05) is 0 Å². The van der Waals surface area contributed by atoms with Crippen LogP contribution in [0.25, 0.3) is 0 Å². The second-order valence-corrected chi connectivity index (χ2v) is 5.91. The molecule has 109 valence electrons. The van der Waals surface area contributed by atoms with Crippen LogP contribution >= 0.6 is 0 Å². The molecule has 1 aliphatic rings. The molecule has 2 nitrogen and oxygen atoms in total. The standard InChI is InChI=1S/C19H23N2/c1-16-17(2)21(14-19-11-7-4-8-12-19)15-20(16)13-18-9-5-3-6-10-18/h3-12,15-17H,13-14H2,1-2H3. The van der Waals surface area contributed by atoms with Gasteiger partial charge in [-0.2, -0.15) is 0 Å². The van der Waals surface area contributed by atoms with E-state index in [0.29, 0.717) is 12.1 Å². The van der Waals surface area contributed by atoms with Gasteiger partial charge in [0.15, 0.2) is 0 Å². The predicted molar refractivity (Wildman–Crippen MR) is 87.2 cm³/mol. The van der Waals surface area contributed by atoms with Gasteiger partial charge in [-0.15, -0.1) is 0 Å². The van der Waals surface area contributed by atoms with Crippen LogP contribution in [0, 0.1) is 6.67 Å². The van der Waals surface area contributed by atoms with Gasteiger partial charge in [-0.05, 0) is 25.0 Å². The molecule has 0 saturated carbocycles. The highest BCUT2D eigenvalue weighted by Gasteiger charge is 2.34. The zero-order chi connectivity index (χ0) is 14.7. The minimum atomic E-state index is 0.536. The zero-order valence-electron chi connectivity index (χ0n) is 12.8. The van der Waals surface area contributed by atoms with E-state index in [-0.39, 0.29) is 0 Å². The molecular formula is C19H23N2. The first kappa shape index (κ1) is 14.3. The maximum atomic E-state index is 2.45. The zero-order valence-corrected chi connectivity index (χ0v) is 12.8. The Bertz CT molecular complexity index is 501. The smallest absolute Gasteiger partial charge is 0.0933 e. The molecule has 1 radical (unpaired) electrons.